The van der Waals surface area contributed by atoms with Crippen molar-refractivity contribution in [3.05, 3.63) is 35.4 Å². The zero-order valence-corrected chi connectivity index (χ0v) is 11.2. The number of carbonyl (C=O) groups excluding carboxylic acids is 1. The third kappa shape index (κ3) is 3.32. The summed E-state index contributed by atoms with van der Waals surface area (Å²) in [5.74, 6) is -1.61. The zero-order valence-electron chi connectivity index (χ0n) is 11.2. The first-order valence-electron chi connectivity index (χ1n) is 6.62. The lowest BCUT2D eigenvalue weighted by atomic mass is 10.1. The van der Waals surface area contributed by atoms with E-state index in [1.807, 2.05) is 0 Å². The second kappa shape index (κ2) is 6.28. The van der Waals surface area contributed by atoms with E-state index in [9.17, 15) is 13.6 Å². The van der Waals surface area contributed by atoms with Gasteiger partial charge in [0, 0.05) is 18.2 Å². The molecule has 3 N–H and O–H groups in total. The highest BCUT2D eigenvalue weighted by Gasteiger charge is 2.30. The van der Waals surface area contributed by atoms with Gasteiger partial charge < -0.3 is 15.8 Å². The number of carbonyl (C=O) groups is 1. The standard InChI is InChI=1S/C14H18F2N2O2/c1-8(11-4-2-9(15)6-12(11)16)18-14(19)13-5-3-10(7-17)20-13/h2,4,6,8,10,13H,3,5,7,17H2,1H3,(H,18,19)/t8?,10-,13+/m1/s1. The highest BCUT2D eigenvalue weighted by Crippen LogP contribution is 2.21. The van der Waals surface area contributed by atoms with Crippen LogP contribution in [0.2, 0.25) is 0 Å². The predicted octanol–water partition coefficient (Wildman–Crippen LogP) is 1.65. The molecule has 1 heterocycles. The Morgan fingerprint density at radius 1 is 1.50 bits per heavy atom. The number of ether oxygens (including phenoxy) is 1. The van der Waals surface area contributed by atoms with Crippen molar-refractivity contribution in [3.63, 3.8) is 0 Å². The van der Waals surface area contributed by atoms with E-state index >= 15 is 0 Å². The van der Waals surface area contributed by atoms with Crippen LogP contribution in [0.15, 0.2) is 18.2 Å². The van der Waals surface area contributed by atoms with E-state index in [2.05, 4.69) is 5.32 Å². The number of rotatable bonds is 4. The number of nitrogens with one attached hydrogen (secondary N) is 1. The minimum absolute atomic E-state index is 0.0939. The molecule has 6 heteroatoms. The summed E-state index contributed by atoms with van der Waals surface area (Å²) >= 11 is 0. The molecular formula is C14H18F2N2O2. The summed E-state index contributed by atoms with van der Waals surface area (Å²) in [5.41, 5.74) is 5.72. The maximum atomic E-state index is 13.6. The lowest BCUT2D eigenvalue weighted by Crippen LogP contribution is -2.37. The van der Waals surface area contributed by atoms with Crippen molar-refractivity contribution in [2.24, 2.45) is 5.73 Å². The molecule has 4 nitrogen and oxygen atoms in total. The van der Waals surface area contributed by atoms with Gasteiger partial charge in [0.05, 0.1) is 12.1 Å². The Morgan fingerprint density at radius 2 is 2.25 bits per heavy atom. The third-order valence-electron chi connectivity index (χ3n) is 3.45. The largest absolute Gasteiger partial charge is 0.364 e. The van der Waals surface area contributed by atoms with Crippen molar-refractivity contribution in [3.8, 4) is 0 Å². The number of amides is 1. The average molecular weight is 284 g/mol. The molecule has 1 aliphatic heterocycles. The van der Waals surface area contributed by atoms with Crippen molar-refractivity contribution in [2.45, 2.75) is 38.0 Å². The van der Waals surface area contributed by atoms with Crippen LogP contribution >= 0.6 is 0 Å². The summed E-state index contributed by atoms with van der Waals surface area (Å²) in [6, 6.07) is 2.74. The second-order valence-electron chi connectivity index (χ2n) is 4.96. The maximum Gasteiger partial charge on any atom is 0.249 e. The van der Waals surface area contributed by atoms with Gasteiger partial charge in [-0.15, -0.1) is 0 Å². The van der Waals surface area contributed by atoms with E-state index in [-0.39, 0.29) is 17.6 Å². The van der Waals surface area contributed by atoms with Crippen LogP contribution < -0.4 is 11.1 Å². The summed E-state index contributed by atoms with van der Waals surface area (Å²) in [5, 5.41) is 2.68. The smallest absolute Gasteiger partial charge is 0.249 e. The molecule has 0 radical (unpaired) electrons. The van der Waals surface area contributed by atoms with Crippen molar-refractivity contribution >= 4 is 5.91 Å². The minimum atomic E-state index is -0.676. The van der Waals surface area contributed by atoms with Crippen molar-refractivity contribution < 1.29 is 18.3 Å². The molecule has 1 aromatic rings. The van der Waals surface area contributed by atoms with E-state index in [0.717, 1.165) is 18.6 Å². The topological polar surface area (TPSA) is 64.4 Å². The molecule has 0 spiro atoms. The second-order valence-corrected chi connectivity index (χ2v) is 4.96. The van der Waals surface area contributed by atoms with Gasteiger partial charge in [0.2, 0.25) is 5.91 Å². The summed E-state index contributed by atoms with van der Waals surface area (Å²) in [7, 11) is 0. The van der Waals surface area contributed by atoms with Gasteiger partial charge in [-0.1, -0.05) is 6.07 Å². The van der Waals surface area contributed by atoms with Crippen LogP contribution in [0.3, 0.4) is 0 Å². The van der Waals surface area contributed by atoms with Crippen molar-refractivity contribution in [2.75, 3.05) is 6.54 Å². The van der Waals surface area contributed by atoms with E-state index in [4.69, 9.17) is 10.5 Å². The first-order valence-corrected chi connectivity index (χ1v) is 6.62. The minimum Gasteiger partial charge on any atom is -0.364 e. The summed E-state index contributed by atoms with van der Waals surface area (Å²) in [4.78, 5) is 12.0. The predicted molar refractivity (Wildman–Crippen MR) is 69.9 cm³/mol. The number of benzene rings is 1. The summed E-state index contributed by atoms with van der Waals surface area (Å²) < 4.78 is 31.9. The molecule has 0 saturated carbocycles. The van der Waals surface area contributed by atoms with Crippen LogP contribution in [0.1, 0.15) is 31.4 Å². The monoisotopic (exact) mass is 284 g/mol. The van der Waals surface area contributed by atoms with Gasteiger partial charge in [-0.25, -0.2) is 8.78 Å². The summed E-state index contributed by atoms with van der Waals surface area (Å²) in [6.07, 6.45) is 0.707. The molecule has 20 heavy (non-hydrogen) atoms. The van der Waals surface area contributed by atoms with Crippen molar-refractivity contribution in [1.29, 1.82) is 0 Å². The first kappa shape index (κ1) is 14.9. The Balaban J connectivity index is 1.97. The quantitative estimate of drug-likeness (QED) is 0.883. The van der Waals surface area contributed by atoms with E-state index in [1.165, 1.54) is 6.07 Å². The normalized spacial score (nSPS) is 23.6. The van der Waals surface area contributed by atoms with Gasteiger partial charge >= 0.3 is 0 Å². The first-order chi connectivity index (χ1) is 9.51. The Kier molecular flexibility index (Phi) is 4.67. The van der Waals surface area contributed by atoms with Gasteiger partial charge in [0.1, 0.15) is 17.7 Å². The number of hydrogen-bond donors (Lipinski definition) is 2. The fraction of sp³-hybridized carbons (Fsp3) is 0.500. The van der Waals surface area contributed by atoms with Gasteiger partial charge in [-0.2, -0.15) is 0 Å². The molecule has 1 aliphatic rings. The molecule has 1 fully saturated rings. The molecule has 0 bridgehead atoms. The fourth-order valence-corrected chi connectivity index (χ4v) is 2.31. The van der Waals surface area contributed by atoms with Crippen LogP contribution in [0.25, 0.3) is 0 Å². The molecule has 1 unspecified atom stereocenters. The third-order valence-corrected chi connectivity index (χ3v) is 3.45. The number of nitrogens with two attached hydrogens (primary N) is 1. The van der Waals surface area contributed by atoms with Gasteiger partial charge in [-0.05, 0) is 25.8 Å². The summed E-state index contributed by atoms with van der Waals surface area (Å²) in [6.45, 7) is 2.02. The Bertz CT molecular complexity index is 496. The van der Waals surface area contributed by atoms with E-state index in [1.54, 1.807) is 6.92 Å². The molecule has 1 amide bonds. The Morgan fingerprint density at radius 3 is 2.85 bits per heavy atom. The van der Waals surface area contributed by atoms with Crippen LogP contribution in [-0.4, -0.2) is 24.7 Å². The molecular weight excluding hydrogens is 266 g/mol. The molecule has 2 rings (SSSR count). The van der Waals surface area contributed by atoms with E-state index in [0.29, 0.717) is 13.0 Å². The lowest BCUT2D eigenvalue weighted by molar-refractivity contribution is -0.132. The molecule has 110 valence electrons. The number of halogens is 2. The van der Waals surface area contributed by atoms with Gasteiger partial charge in [0.15, 0.2) is 0 Å². The highest BCUT2D eigenvalue weighted by molar-refractivity contribution is 5.81. The Labute approximate surface area is 116 Å². The van der Waals surface area contributed by atoms with Crippen LogP contribution in [0, 0.1) is 11.6 Å². The molecule has 0 aliphatic carbocycles. The Hall–Kier alpha value is -1.53. The van der Waals surface area contributed by atoms with Gasteiger partial charge in [0.25, 0.3) is 0 Å². The molecule has 3 atom stereocenters. The van der Waals surface area contributed by atoms with Crippen LogP contribution in [0.4, 0.5) is 8.78 Å². The fourth-order valence-electron chi connectivity index (χ4n) is 2.31. The molecule has 0 aromatic heterocycles. The maximum absolute atomic E-state index is 13.6. The van der Waals surface area contributed by atoms with Gasteiger partial charge in [-0.3, -0.25) is 4.79 Å². The lowest BCUT2D eigenvalue weighted by Gasteiger charge is -2.18. The molecule has 1 saturated heterocycles. The number of hydrogen-bond acceptors (Lipinski definition) is 3. The zero-order chi connectivity index (χ0) is 14.7. The van der Waals surface area contributed by atoms with E-state index < -0.39 is 23.8 Å². The average Bonchev–Trinajstić information content (AvgIpc) is 2.87. The van der Waals surface area contributed by atoms with Crippen molar-refractivity contribution in [1.82, 2.24) is 5.32 Å². The van der Waals surface area contributed by atoms with Crippen LogP contribution in [-0.2, 0) is 9.53 Å². The molecule has 1 aromatic carbocycles. The van der Waals surface area contributed by atoms with Crippen LogP contribution in [0.5, 0.6) is 0 Å². The highest BCUT2D eigenvalue weighted by atomic mass is 19.1. The SMILES string of the molecule is CC(NC(=O)[C@@H]1CC[C@H](CN)O1)c1ccc(F)cc1F.